The van der Waals surface area contributed by atoms with Gasteiger partial charge in [0, 0.05) is 19.6 Å². The van der Waals surface area contributed by atoms with E-state index in [1.165, 1.54) is 10.8 Å². The summed E-state index contributed by atoms with van der Waals surface area (Å²) in [6.07, 6.45) is 0.319. The van der Waals surface area contributed by atoms with E-state index in [1.54, 1.807) is 0 Å². The number of hydrogen-bond donors (Lipinski definition) is 0. The minimum Gasteiger partial charge on any atom is -0.370 e. The predicted octanol–water partition coefficient (Wildman–Crippen LogP) is 3.23. The molecule has 0 aliphatic carbocycles. The van der Waals surface area contributed by atoms with Crippen LogP contribution >= 0.6 is 0 Å². The Bertz CT molecular complexity index is 447. The highest BCUT2D eigenvalue weighted by atomic mass is 28.3. The summed E-state index contributed by atoms with van der Waals surface area (Å²) in [7, 11) is -1.18. The minimum absolute atomic E-state index is 0.0318. The summed E-state index contributed by atoms with van der Waals surface area (Å²) in [4.78, 5) is 2.51. The van der Waals surface area contributed by atoms with Gasteiger partial charge in [-0.05, 0) is 26.3 Å². The van der Waals surface area contributed by atoms with Gasteiger partial charge in [0.2, 0.25) is 0 Å². The van der Waals surface area contributed by atoms with Crippen molar-refractivity contribution in [3.8, 4) is 0 Å². The lowest BCUT2D eigenvalue weighted by Crippen LogP contribution is -2.51. The second-order valence-electron chi connectivity index (χ2n) is 7.80. The van der Waals surface area contributed by atoms with Gasteiger partial charge in [0.1, 0.15) is 0 Å². The molecule has 0 bridgehead atoms. The third-order valence-corrected chi connectivity index (χ3v) is 5.93. The molecule has 2 rings (SSSR count). The molecule has 0 spiro atoms. The number of morpholine rings is 1. The topological polar surface area (TPSA) is 12.5 Å². The molecule has 112 valence electrons. The van der Waals surface area contributed by atoms with E-state index in [-0.39, 0.29) is 5.60 Å². The maximum Gasteiger partial charge on any atom is 0.0775 e. The average molecular weight is 292 g/mol. The third kappa shape index (κ3) is 4.17. The summed E-state index contributed by atoms with van der Waals surface area (Å²) < 4.78 is 5.97. The van der Waals surface area contributed by atoms with Crippen LogP contribution in [0.4, 0.5) is 0 Å². The minimum atomic E-state index is -1.18. The van der Waals surface area contributed by atoms with Crippen LogP contribution in [0.5, 0.6) is 0 Å². The van der Waals surface area contributed by atoms with Gasteiger partial charge in [0.05, 0.1) is 19.8 Å². The molecule has 1 aromatic carbocycles. The van der Waals surface area contributed by atoms with Gasteiger partial charge in [-0.25, -0.2) is 0 Å². The first-order valence-electron chi connectivity index (χ1n) is 7.65. The van der Waals surface area contributed by atoms with E-state index in [1.807, 2.05) is 0 Å². The van der Waals surface area contributed by atoms with Crippen molar-refractivity contribution in [3.05, 3.63) is 29.8 Å². The smallest absolute Gasteiger partial charge is 0.0775 e. The Hall–Kier alpha value is -0.643. The van der Waals surface area contributed by atoms with Crippen LogP contribution in [0.15, 0.2) is 24.3 Å². The molecule has 0 N–H and O–H groups in total. The molecule has 0 aromatic heterocycles. The van der Waals surface area contributed by atoms with Crippen molar-refractivity contribution < 1.29 is 4.74 Å². The molecule has 0 amide bonds. The molecule has 1 aliphatic heterocycles. The largest absolute Gasteiger partial charge is 0.370 e. The first-order valence-corrected chi connectivity index (χ1v) is 11.2. The highest BCUT2D eigenvalue weighted by Gasteiger charge is 2.31. The summed E-state index contributed by atoms with van der Waals surface area (Å²) in [6.45, 7) is 16.8. The molecule has 1 aliphatic rings. The maximum atomic E-state index is 5.97. The second kappa shape index (κ2) is 5.62. The molecule has 3 heteroatoms. The average Bonchev–Trinajstić information content (AvgIpc) is 2.25. The van der Waals surface area contributed by atoms with E-state index in [0.29, 0.717) is 6.10 Å². The molecule has 1 aromatic rings. The normalized spacial score (nSPS) is 23.8. The molecule has 0 radical (unpaired) electrons. The van der Waals surface area contributed by atoms with Crippen molar-refractivity contribution in [1.82, 2.24) is 4.90 Å². The van der Waals surface area contributed by atoms with Crippen LogP contribution < -0.4 is 5.19 Å². The van der Waals surface area contributed by atoms with Gasteiger partial charge >= 0.3 is 0 Å². The maximum absolute atomic E-state index is 5.97. The van der Waals surface area contributed by atoms with Gasteiger partial charge in [-0.2, -0.15) is 0 Å². The molecular formula is C17H29NOSi. The first-order chi connectivity index (χ1) is 9.16. The SMILES string of the molecule is CC1CN(Cc2ccc([Si](C)(C)C)cc2)CC(C)(C)O1. The molecule has 1 atom stereocenters. The fourth-order valence-corrected chi connectivity index (χ4v) is 4.24. The Balaban J connectivity index is 2.03. The number of rotatable bonds is 3. The van der Waals surface area contributed by atoms with E-state index in [0.717, 1.165) is 19.6 Å². The van der Waals surface area contributed by atoms with Crippen molar-refractivity contribution in [2.75, 3.05) is 13.1 Å². The van der Waals surface area contributed by atoms with Crippen molar-refractivity contribution in [2.45, 2.75) is 58.7 Å². The molecule has 1 unspecified atom stereocenters. The van der Waals surface area contributed by atoms with Crippen LogP contribution in [0, 0.1) is 0 Å². The van der Waals surface area contributed by atoms with Crippen molar-refractivity contribution >= 4 is 13.3 Å². The lowest BCUT2D eigenvalue weighted by Gasteiger charge is -2.41. The van der Waals surface area contributed by atoms with Gasteiger partial charge in [-0.3, -0.25) is 4.90 Å². The lowest BCUT2D eigenvalue weighted by atomic mass is 10.0. The molecule has 2 nitrogen and oxygen atoms in total. The molecule has 1 fully saturated rings. The van der Waals surface area contributed by atoms with E-state index >= 15 is 0 Å². The first kappa shape index (κ1) is 15.7. The zero-order valence-electron chi connectivity index (χ0n) is 13.9. The van der Waals surface area contributed by atoms with E-state index < -0.39 is 8.07 Å². The summed E-state index contributed by atoms with van der Waals surface area (Å²) in [5.41, 5.74) is 1.38. The zero-order valence-corrected chi connectivity index (χ0v) is 14.9. The Morgan fingerprint density at radius 1 is 1.20 bits per heavy atom. The van der Waals surface area contributed by atoms with Crippen LogP contribution in [0.1, 0.15) is 26.3 Å². The van der Waals surface area contributed by atoms with Crippen molar-refractivity contribution in [1.29, 1.82) is 0 Å². The number of ether oxygens (including phenoxy) is 1. The quantitative estimate of drug-likeness (QED) is 0.793. The Morgan fingerprint density at radius 2 is 1.80 bits per heavy atom. The van der Waals surface area contributed by atoms with E-state index in [4.69, 9.17) is 4.74 Å². The molecular weight excluding hydrogens is 262 g/mol. The summed E-state index contributed by atoms with van der Waals surface area (Å²) >= 11 is 0. The van der Waals surface area contributed by atoms with Crippen LogP contribution in [0.2, 0.25) is 19.6 Å². The lowest BCUT2D eigenvalue weighted by molar-refractivity contribution is -0.130. The molecule has 1 saturated heterocycles. The highest BCUT2D eigenvalue weighted by Crippen LogP contribution is 2.22. The van der Waals surface area contributed by atoms with Crippen LogP contribution in [0.25, 0.3) is 0 Å². The second-order valence-corrected chi connectivity index (χ2v) is 12.9. The Labute approximate surface area is 125 Å². The molecule has 1 heterocycles. The predicted molar refractivity (Wildman–Crippen MR) is 89.3 cm³/mol. The number of benzene rings is 1. The summed E-state index contributed by atoms with van der Waals surface area (Å²) in [6, 6.07) is 9.27. The van der Waals surface area contributed by atoms with Crippen molar-refractivity contribution in [3.63, 3.8) is 0 Å². The summed E-state index contributed by atoms with van der Waals surface area (Å²) in [5.74, 6) is 0. The van der Waals surface area contributed by atoms with Gasteiger partial charge in [0.15, 0.2) is 0 Å². The zero-order chi connectivity index (χ0) is 15.0. The Morgan fingerprint density at radius 3 is 2.30 bits per heavy atom. The molecule has 20 heavy (non-hydrogen) atoms. The van der Waals surface area contributed by atoms with Crippen LogP contribution in [0.3, 0.4) is 0 Å². The van der Waals surface area contributed by atoms with E-state index in [2.05, 4.69) is 69.6 Å². The fraction of sp³-hybridized carbons (Fsp3) is 0.647. The fourth-order valence-electron chi connectivity index (χ4n) is 3.07. The standard InChI is InChI=1S/C17H29NOSi/c1-14-11-18(13-17(2,3)19-14)12-15-7-9-16(10-8-15)20(4,5)6/h7-10,14H,11-13H2,1-6H3. The summed E-state index contributed by atoms with van der Waals surface area (Å²) in [5, 5.41) is 1.54. The van der Waals surface area contributed by atoms with Crippen LogP contribution in [-0.2, 0) is 11.3 Å². The Kier molecular flexibility index (Phi) is 4.43. The monoisotopic (exact) mass is 291 g/mol. The van der Waals surface area contributed by atoms with Gasteiger partial charge in [-0.15, -0.1) is 0 Å². The van der Waals surface area contributed by atoms with Crippen LogP contribution in [-0.4, -0.2) is 37.8 Å². The number of nitrogens with zero attached hydrogens (tertiary/aromatic N) is 1. The van der Waals surface area contributed by atoms with Gasteiger partial charge < -0.3 is 4.74 Å². The van der Waals surface area contributed by atoms with Crippen molar-refractivity contribution in [2.24, 2.45) is 0 Å². The number of hydrogen-bond acceptors (Lipinski definition) is 2. The molecule has 0 saturated carbocycles. The third-order valence-electron chi connectivity index (χ3n) is 3.87. The van der Waals surface area contributed by atoms with E-state index in [9.17, 15) is 0 Å². The highest BCUT2D eigenvalue weighted by molar-refractivity contribution is 6.88. The van der Waals surface area contributed by atoms with Gasteiger partial charge in [-0.1, -0.05) is 49.1 Å². The van der Waals surface area contributed by atoms with Gasteiger partial charge in [0.25, 0.3) is 0 Å².